The molecule has 112 valence electrons. The summed E-state index contributed by atoms with van der Waals surface area (Å²) in [6, 6.07) is 7.58. The molecule has 1 unspecified atom stereocenters. The van der Waals surface area contributed by atoms with Gasteiger partial charge in [0, 0.05) is 17.5 Å². The summed E-state index contributed by atoms with van der Waals surface area (Å²) in [6.07, 6.45) is 1.65. The van der Waals surface area contributed by atoms with Crippen molar-refractivity contribution in [2.24, 2.45) is 0 Å². The van der Waals surface area contributed by atoms with Crippen LogP contribution in [0.2, 0.25) is 0 Å². The number of nitrogens with two attached hydrogens (primary N) is 1. The maximum atomic E-state index is 9.97. The Morgan fingerprint density at radius 1 is 1.48 bits per heavy atom. The van der Waals surface area contributed by atoms with Crippen LogP contribution in [0, 0.1) is 0 Å². The van der Waals surface area contributed by atoms with Crippen LogP contribution in [0.4, 0.5) is 5.69 Å². The number of hydrogen-bond acceptors (Lipinski definition) is 7. The second-order valence-corrected chi connectivity index (χ2v) is 5.97. The SMILES string of the molecule is Nc1cccc(OCC(O)CSc2nnnn2C2CC2)c1. The molecule has 0 spiro atoms. The molecule has 3 N–H and O–H groups in total. The van der Waals surface area contributed by atoms with E-state index < -0.39 is 6.10 Å². The average Bonchev–Trinajstić information content (AvgIpc) is 3.22. The fourth-order valence-corrected chi connectivity index (χ4v) is 2.69. The number of hydrogen-bond donors (Lipinski definition) is 2. The van der Waals surface area contributed by atoms with Gasteiger partial charge in [0.2, 0.25) is 5.16 Å². The number of anilines is 1. The first-order chi connectivity index (χ1) is 10.2. The molecule has 1 heterocycles. The van der Waals surface area contributed by atoms with Gasteiger partial charge < -0.3 is 15.6 Å². The Bertz CT molecular complexity index is 602. The van der Waals surface area contributed by atoms with Gasteiger partial charge in [0.15, 0.2) is 0 Å². The van der Waals surface area contributed by atoms with Crippen LogP contribution in [-0.4, -0.2) is 43.8 Å². The third kappa shape index (κ3) is 3.85. The van der Waals surface area contributed by atoms with E-state index in [1.54, 1.807) is 12.1 Å². The van der Waals surface area contributed by atoms with Crippen molar-refractivity contribution in [3.63, 3.8) is 0 Å². The standard InChI is InChI=1S/C13H17N5O2S/c14-9-2-1-3-12(6-9)20-7-11(19)8-21-13-15-16-17-18(13)10-4-5-10/h1-3,6,10-11,19H,4-5,7-8,14H2. The number of aromatic nitrogens is 4. The smallest absolute Gasteiger partial charge is 0.209 e. The molecular formula is C13H17N5O2S. The predicted molar refractivity (Wildman–Crippen MR) is 79.2 cm³/mol. The summed E-state index contributed by atoms with van der Waals surface area (Å²) in [6.45, 7) is 0.210. The molecular weight excluding hydrogens is 290 g/mol. The third-order valence-electron chi connectivity index (χ3n) is 3.06. The van der Waals surface area contributed by atoms with Crippen molar-refractivity contribution in [2.75, 3.05) is 18.1 Å². The van der Waals surface area contributed by atoms with Crippen molar-refractivity contribution >= 4 is 17.4 Å². The summed E-state index contributed by atoms with van der Waals surface area (Å²) in [5.74, 6) is 1.14. The summed E-state index contributed by atoms with van der Waals surface area (Å²) in [5, 5.41) is 22.3. The molecule has 3 rings (SSSR count). The third-order valence-corrected chi connectivity index (χ3v) is 4.14. The molecule has 1 atom stereocenters. The molecule has 8 heteroatoms. The Labute approximate surface area is 126 Å². The number of nitrogen functional groups attached to an aromatic ring is 1. The average molecular weight is 307 g/mol. The van der Waals surface area contributed by atoms with Gasteiger partial charge in [-0.1, -0.05) is 17.8 Å². The minimum absolute atomic E-state index is 0.210. The van der Waals surface area contributed by atoms with Gasteiger partial charge in [0.05, 0.1) is 12.1 Å². The van der Waals surface area contributed by atoms with E-state index in [2.05, 4.69) is 15.5 Å². The van der Waals surface area contributed by atoms with Crippen LogP contribution < -0.4 is 10.5 Å². The van der Waals surface area contributed by atoms with Crippen molar-refractivity contribution in [1.82, 2.24) is 20.2 Å². The molecule has 1 saturated carbocycles. The van der Waals surface area contributed by atoms with E-state index in [1.165, 1.54) is 11.8 Å². The normalized spacial score (nSPS) is 15.9. The van der Waals surface area contributed by atoms with Gasteiger partial charge in [0.25, 0.3) is 0 Å². The molecule has 0 radical (unpaired) electrons. The number of benzene rings is 1. The lowest BCUT2D eigenvalue weighted by atomic mass is 10.3. The quantitative estimate of drug-likeness (QED) is 0.584. The molecule has 1 fully saturated rings. The highest BCUT2D eigenvalue weighted by Crippen LogP contribution is 2.36. The number of ether oxygens (including phenoxy) is 1. The lowest BCUT2D eigenvalue weighted by molar-refractivity contribution is 0.126. The summed E-state index contributed by atoms with van der Waals surface area (Å²) >= 11 is 1.44. The van der Waals surface area contributed by atoms with Crippen molar-refractivity contribution in [3.8, 4) is 5.75 Å². The van der Waals surface area contributed by atoms with Crippen LogP contribution in [0.3, 0.4) is 0 Å². The number of rotatable bonds is 7. The van der Waals surface area contributed by atoms with Crippen LogP contribution in [0.5, 0.6) is 5.75 Å². The molecule has 1 aliphatic rings. The van der Waals surface area contributed by atoms with Crippen LogP contribution in [0.1, 0.15) is 18.9 Å². The Kier molecular flexibility index (Phi) is 4.26. The molecule has 21 heavy (non-hydrogen) atoms. The van der Waals surface area contributed by atoms with Crippen LogP contribution in [0.15, 0.2) is 29.4 Å². The fraction of sp³-hybridized carbons (Fsp3) is 0.462. The lowest BCUT2D eigenvalue weighted by Gasteiger charge is -2.12. The first kappa shape index (κ1) is 14.2. The minimum Gasteiger partial charge on any atom is -0.491 e. The largest absolute Gasteiger partial charge is 0.491 e. The Morgan fingerprint density at radius 2 is 2.33 bits per heavy atom. The lowest BCUT2D eigenvalue weighted by Crippen LogP contribution is -2.20. The Balaban J connectivity index is 1.46. The highest BCUT2D eigenvalue weighted by atomic mass is 32.2. The van der Waals surface area contributed by atoms with Gasteiger partial charge in [-0.3, -0.25) is 0 Å². The maximum absolute atomic E-state index is 9.97. The van der Waals surface area contributed by atoms with Crippen molar-refractivity contribution < 1.29 is 9.84 Å². The molecule has 1 aliphatic carbocycles. The summed E-state index contributed by atoms with van der Waals surface area (Å²) < 4.78 is 7.34. The summed E-state index contributed by atoms with van der Waals surface area (Å²) in [5.41, 5.74) is 6.31. The fourth-order valence-electron chi connectivity index (χ4n) is 1.84. The van der Waals surface area contributed by atoms with Crippen LogP contribution in [0.25, 0.3) is 0 Å². The second kappa shape index (κ2) is 6.31. The van der Waals surface area contributed by atoms with Crippen molar-refractivity contribution in [3.05, 3.63) is 24.3 Å². The maximum Gasteiger partial charge on any atom is 0.209 e. The van der Waals surface area contributed by atoms with E-state index in [9.17, 15) is 5.11 Å². The van der Waals surface area contributed by atoms with Crippen LogP contribution >= 0.6 is 11.8 Å². The van der Waals surface area contributed by atoms with Gasteiger partial charge in [-0.25, -0.2) is 4.68 Å². The molecule has 1 aromatic carbocycles. The molecule has 0 aliphatic heterocycles. The zero-order valence-electron chi connectivity index (χ0n) is 11.4. The molecule has 1 aromatic heterocycles. The molecule has 0 bridgehead atoms. The number of tetrazole rings is 1. The first-order valence-electron chi connectivity index (χ1n) is 6.79. The molecule has 0 amide bonds. The van der Waals surface area contributed by atoms with Gasteiger partial charge in [-0.15, -0.1) is 5.10 Å². The number of nitrogens with zero attached hydrogens (tertiary/aromatic N) is 4. The number of aliphatic hydroxyl groups excluding tert-OH is 1. The summed E-state index contributed by atoms with van der Waals surface area (Å²) in [4.78, 5) is 0. The monoisotopic (exact) mass is 307 g/mol. The zero-order valence-corrected chi connectivity index (χ0v) is 12.2. The van der Waals surface area contributed by atoms with E-state index >= 15 is 0 Å². The second-order valence-electron chi connectivity index (χ2n) is 4.99. The van der Waals surface area contributed by atoms with E-state index in [0.29, 0.717) is 23.2 Å². The van der Waals surface area contributed by atoms with Gasteiger partial charge in [0.1, 0.15) is 12.4 Å². The Morgan fingerprint density at radius 3 is 3.10 bits per heavy atom. The molecule has 0 saturated heterocycles. The Hall–Kier alpha value is -1.80. The zero-order chi connectivity index (χ0) is 14.7. The van der Waals surface area contributed by atoms with E-state index in [-0.39, 0.29) is 6.61 Å². The van der Waals surface area contributed by atoms with Gasteiger partial charge in [-0.05, 0) is 35.4 Å². The first-order valence-corrected chi connectivity index (χ1v) is 7.78. The van der Waals surface area contributed by atoms with Gasteiger partial charge in [-0.2, -0.15) is 0 Å². The molecule has 2 aromatic rings. The van der Waals surface area contributed by atoms with Crippen LogP contribution in [-0.2, 0) is 0 Å². The molecule has 7 nitrogen and oxygen atoms in total. The number of aliphatic hydroxyl groups is 1. The van der Waals surface area contributed by atoms with E-state index in [1.807, 2.05) is 16.8 Å². The highest BCUT2D eigenvalue weighted by Gasteiger charge is 2.28. The van der Waals surface area contributed by atoms with Crippen molar-refractivity contribution in [2.45, 2.75) is 30.1 Å². The topological polar surface area (TPSA) is 99.1 Å². The van der Waals surface area contributed by atoms with Crippen molar-refractivity contribution in [1.29, 1.82) is 0 Å². The minimum atomic E-state index is -0.596. The van der Waals surface area contributed by atoms with E-state index in [4.69, 9.17) is 10.5 Å². The summed E-state index contributed by atoms with van der Waals surface area (Å²) in [7, 11) is 0. The van der Waals surface area contributed by atoms with Gasteiger partial charge >= 0.3 is 0 Å². The number of thioether (sulfide) groups is 1. The highest BCUT2D eigenvalue weighted by molar-refractivity contribution is 7.99. The predicted octanol–water partition coefficient (Wildman–Crippen LogP) is 1.12. The van der Waals surface area contributed by atoms with E-state index in [0.717, 1.165) is 18.0 Å².